The standard InChI is InChI=1S/C19H22O3S/c1-14(2)23(20,21)13-15-10-16-8-9-19(12-17(16)11-15)22-18-6-4-3-5-7-18/h3-9,12,14-15H,10-11,13H2,1-2H3/t15-/m0/s1. The van der Waals surface area contributed by atoms with E-state index < -0.39 is 9.84 Å². The zero-order valence-electron chi connectivity index (χ0n) is 13.5. The number of benzene rings is 2. The number of fused-ring (bicyclic) bond motifs is 1. The van der Waals surface area contributed by atoms with E-state index in [-0.39, 0.29) is 16.9 Å². The van der Waals surface area contributed by atoms with Crippen LogP contribution in [-0.2, 0) is 22.7 Å². The van der Waals surface area contributed by atoms with Crippen molar-refractivity contribution in [1.82, 2.24) is 0 Å². The number of hydrogen-bond donors (Lipinski definition) is 0. The minimum absolute atomic E-state index is 0.185. The lowest BCUT2D eigenvalue weighted by Crippen LogP contribution is -2.23. The third-order valence-electron chi connectivity index (χ3n) is 4.36. The number of para-hydroxylation sites is 1. The maximum Gasteiger partial charge on any atom is 0.152 e. The van der Waals surface area contributed by atoms with E-state index in [0.717, 1.165) is 24.3 Å². The monoisotopic (exact) mass is 330 g/mol. The molecule has 0 fully saturated rings. The van der Waals surface area contributed by atoms with Gasteiger partial charge in [0, 0.05) is 0 Å². The average molecular weight is 330 g/mol. The zero-order valence-corrected chi connectivity index (χ0v) is 14.3. The van der Waals surface area contributed by atoms with Gasteiger partial charge in [0.1, 0.15) is 11.5 Å². The maximum absolute atomic E-state index is 12.1. The summed E-state index contributed by atoms with van der Waals surface area (Å²) in [6.45, 7) is 3.51. The second-order valence-electron chi connectivity index (χ2n) is 6.50. The molecule has 0 saturated heterocycles. The summed E-state index contributed by atoms with van der Waals surface area (Å²) in [6, 6.07) is 15.8. The zero-order chi connectivity index (χ0) is 16.4. The first kappa shape index (κ1) is 16.1. The van der Waals surface area contributed by atoms with E-state index in [0.29, 0.717) is 0 Å². The van der Waals surface area contributed by atoms with Crippen LogP contribution < -0.4 is 4.74 Å². The van der Waals surface area contributed by atoms with Gasteiger partial charge in [-0.15, -0.1) is 0 Å². The van der Waals surface area contributed by atoms with E-state index >= 15 is 0 Å². The van der Waals surface area contributed by atoms with Gasteiger partial charge in [0.25, 0.3) is 0 Å². The summed E-state index contributed by atoms with van der Waals surface area (Å²) < 4.78 is 30.1. The van der Waals surface area contributed by atoms with Crippen molar-refractivity contribution in [3.63, 3.8) is 0 Å². The number of rotatable bonds is 5. The van der Waals surface area contributed by atoms with Gasteiger partial charge in [0.2, 0.25) is 0 Å². The van der Waals surface area contributed by atoms with E-state index in [1.807, 2.05) is 42.5 Å². The summed E-state index contributed by atoms with van der Waals surface area (Å²) in [5.41, 5.74) is 2.46. The fourth-order valence-corrected chi connectivity index (χ4v) is 4.29. The Hall–Kier alpha value is -1.81. The predicted octanol–water partition coefficient (Wildman–Crippen LogP) is 4.02. The van der Waals surface area contributed by atoms with E-state index in [1.165, 1.54) is 11.1 Å². The molecule has 3 nitrogen and oxygen atoms in total. The number of ether oxygens (including phenoxy) is 1. The molecule has 0 unspecified atom stereocenters. The Morgan fingerprint density at radius 1 is 1.00 bits per heavy atom. The fraction of sp³-hybridized carbons (Fsp3) is 0.368. The summed E-state index contributed by atoms with van der Waals surface area (Å²) in [5.74, 6) is 2.07. The Balaban J connectivity index is 1.71. The molecule has 2 aromatic rings. The highest BCUT2D eigenvalue weighted by Crippen LogP contribution is 2.32. The van der Waals surface area contributed by atoms with Gasteiger partial charge in [-0.2, -0.15) is 0 Å². The molecule has 3 rings (SSSR count). The second-order valence-corrected chi connectivity index (χ2v) is 9.10. The SMILES string of the molecule is CC(C)S(=O)(=O)C[C@H]1Cc2ccc(Oc3ccccc3)cc2C1. The Morgan fingerprint density at radius 3 is 2.39 bits per heavy atom. The van der Waals surface area contributed by atoms with Crippen molar-refractivity contribution in [1.29, 1.82) is 0 Å². The van der Waals surface area contributed by atoms with Gasteiger partial charge in [-0.25, -0.2) is 8.42 Å². The minimum atomic E-state index is -2.99. The van der Waals surface area contributed by atoms with Gasteiger partial charge >= 0.3 is 0 Å². The molecule has 0 N–H and O–H groups in total. The van der Waals surface area contributed by atoms with Crippen molar-refractivity contribution in [2.75, 3.05) is 5.75 Å². The Labute approximate surface area is 138 Å². The maximum atomic E-state index is 12.1. The van der Waals surface area contributed by atoms with E-state index in [4.69, 9.17) is 4.74 Å². The van der Waals surface area contributed by atoms with E-state index in [1.54, 1.807) is 13.8 Å². The van der Waals surface area contributed by atoms with Gasteiger partial charge < -0.3 is 4.74 Å². The van der Waals surface area contributed by atoms with Gasteiger partial charge in [0.05, 0.1) is 11.0 Å². The normalized spacial score (nSPS) is 17.3. The molecule has 1 atom stereocenters. The van der Waals surface area contributed by atoms with Crippen molar-refractivity contribution in [2.45, 2.75) is 31.9 Å². The molecular formula is C19H22O3S. The lowest BCUT2D eigenvalue weighted by molar-refractivity contribution is 0.482. The molecule has 4 heteroatoms. The van der Waals surface area contributed by atoms with Crippen LogP contribution in [0.5, 0.6) is 11.5 Å². The largest absolute Gasteiger partial charge is 0.457 e. The highest BCUT2D eigenvalue weighted by molar-refractivity contribution is 7.91. The quantitative estimate of drug-likeness (QED) is 0.832. The van der Waals surface area contributed by atoms with Crippen molar-refractivity contribution in [3.05, 3.63) is 59.7 Å². The molecule has 2 aromatic carbocycles. The molecule has 1 aliphatic rings. The van der Waals surface area contributed by atoms with E-state index in [2.05, 4.69) is 6.07 Å². The molecule has 0 heterocycles. The summed E-state index contributed by atoms with van der Waals surface area (Å²) in [6.07, 6.45) is 1.65. The Bertz CT molecular complexity index is 780. The van der Waals surface area contributed by atoms with Crippen LogP contribution in [0.25, 0.3) is 0 Å². The van der Waals surface area contributed by atoms with Gasteiger partial charge in [-0.05, 0) is 68.0 Å². The molecular weight excluding hydrogens is 308 g/mol. The topological polar surface area (TPSA) is 43.4 Å². The molecule has 0 aromatic heterocycles. The van der Waals surface area contributed by atoms with E-state index in [9.17, 15) is 8.42 Å². The van der Waals surface area contributed by atoms with Gasteiger partial charge in [-0.1, -0.05) is 24.3 Å². The minimum Gasteiger partial charge on any atom is -0.457 e. The van der Waals surface area contributed by atoms with Crippen LogP contribution in [0.4, 0.5) is 0 Å². The van der Waals surface area contributed by atoms with Crippen molar-refractivity contribution >= 4 is 9.84 Å². The molecule has 0 bridgehead atoms. The third-order valence-corrected chi connectivity index (χ3v) is 6.73. The molecule has 0 saturated carbocycles. The highest BCUT2D eigenvalue weighted by atomic mass is 32.2. The van der Waals surface area contributed by atoms with Crippen LogP contribution in [0, 0.1) is 5.92 Å². The molecule has 0 aliphatic heterocycles. The molecule has 122 valence electrons. The van der Waals surface area contributed by atoms with Crippen LogP contribution in [0.3, 0.4) is 0 Å². The summed E-state index contributed by atoms with van der Waals surface area (Å²) in [4.78, 5) is 0. The van der Waals surface area contributed by atoms with Crippen molar-refractivity contribution in [2.24, 2.45) is 5.92 Å². The lowest BCUT2D eigenvalue weighted by Gasteiger charge is -2.12. The Kier molecular flexibility index (Phi) is 4.44. The van der Waals surface area contributed by atoms with Crippen LogP contribution in [0.2, 0.25) is 0 Å². The first-order chi connectivity index (χ1) is 10.9. The summed E-state index contributed by atoms with van der Waals surface area (Å²) >= 11 is 0. The van der Waals surface area contributed by atoms with Crippen LogP contribution >= 0.6 is 0 Å². The molecule has 1 aliphatic carbocycles. The van der Waals surface area contributed by atoms with Crippen LogP contribution in [0.1, 0.15) is 25.0 Å². The number of sulfone groups is 1. The smallest absolute Gasteiger partial charge is 0.152 e. The van der Waals surface area contributed by atoms with Crippen LogP contribution in [0.15, 0.2) is 48.5 Å². The molecule has 0 spiro atoms. The van der Waals surface area contributed by atoms with Gasteiger partial charge in [0.15, 0.2) is 9.84 Å². The first-order valence-corrected chi connectivity index (χ1v) is 9.72. The summed E-state index contributed by atoms with van der Waals surface area (Å²) in [5, 5.41) is -0.303. The van der Waals surface area contributed by atoms with Gasteiger partial charge in [-0.3, -0.25) is 0 Å². The Morgan fingerprint density at radius 2 is 1.70 bits per heavy atom. The van der Waals surface area contributed by atoms with Crippen molar-refractivity contribution in [3.8, 4) is 11.5 Å². The summed E-state index contributed by atoms with van der Waals surface area (Å²) in [7, 11) is -2.99. The lowest BCUT2D eigenvalue weighted by atomic mass is 10.1. The predicted molar refractivity (Wildman–Crippen MR) is 92.8 cm³/mol. The molecule has 23 heavy (non-hydrogen) atoms. The molecule has 0 radical (unpaired) electrons. The van der Waals surface area contributed by atoms with Crippen LogP contribution in [-0.4, -0.2) is 19.4 Å². The fourth-order valence-electron chi connectivity index (χ4n) is 3.01. The second kappa shape index (κ2) is 6.36. The first-order valence-electron chi connectivity index (χ1n) is 8.00. The molecule has 0 amide bonds. The van der Waals surface area contributed by atoms with Crippen molar-refractivity contribution < 1.29 is 13.2 Å². The third kappa shape index (κ3) is 3.75. The number of hydrogen-bond acceptors (Lipinski definition) is 3. The average Bonchev–Trinajstić information content (AvgIpc) is 2.88. The highest BCUT2D eigenvalue weighted by Gasteiger charge is 2.28.